The molecule has 0 aromatic rings. The van der Waals surface area contributed by atoms with Crippen molar-refractivity contribution in [2.24, 2.45) is 5.92 Å². The summed E-state index contributed by atoms with van der Waals surface area (Å²) in [7, 11) is 0.937. The molecule has 1 atom stereocenters. The average molecular weight is 190 g/mol. The zero-order valence-electron chi connectivity index (χ0n) is 9.02. The second-order valence-corrected chi connectivity index (χ2v) is 4.59. The lowest BCUT2D eigenvalue weighted by Gasteiger charge is -2.34. The minimum atomic E-state index is -0.252. The molecule has 0 heterocycles. The normalized spacial score (nSPS) is 15.0. The van der Waals surface area contributed by atoms with E-state index in [4.69, 9.17) is 9.47 Å². The minimum absolute atomic E-state index is 0.252. The molecule has 3 heteroatoms. The maximum Gasteiger partial charge on any atom is 0.143 e. The highest BCUT2D eigenvalue weighted by Crippen LogP contribution is 2.22. The highest BCUT2D eigenvalue weighted by molar-refractivity contribution is 6.13. The van der Waals surface area contributed by atoms with Crippen LogP contribution in [0, 0.1) is 5.92 Å². The first-order valence-corrected chi connectivity index (χ1v) is 5.88. The summed E-state index contributed by atoms with van der Waals surface area (Å²) in [6.07, 6.45) is 1.11. The largest absolute Gasteiger partial charge is 0.355 e. The van der Waals surface area contributed by atoms with Gasteiger partial charge in [0.05, 0.1) is 10.2 Å². The van der Waals surface area contributed by atoms with Gasteiger partial charge >= 0.3 is 0 Å². The molecule has 2 nitrogen and oxygen atoms in total. The number of hydrogen-bond donors (Lipinski definition) is 0. The lowest BCUT2D eigenvalue weighted by Crippen LogP contribution is -2.43. The van der Waals surface area contributed by atoms with Crippen LogP contribution >= 0.6 is 0 Å². The van der Waals surface area contributed by atoms with Gasteiger partial charge in [-0.1, -0.05) is 13.8 Å². The van der Waals surface area contributed by atoms with E-state index in [1.54, 1.807) is 0 Å². The number of hydrogen-bond acceptors (Lipinski definition) is 2. The molecule has 0 aliphatic heterocycles. The van der Waals surface area contributed by atoms with E-state index in [1.165, 1.54) is 0 Å². The molecular weight excluding hydrogens is 168 g/mol. The van der Waals surface area contributed by atoms with Gasteiger partial charge in [-0.2, -0.15) is 0 Å². The van der Waals surface area contributed by atoms with Crippen LogP contribution < -0.4 is 0 Å². The molecule has 0 N–H and O–H groups in total. The molecule has 12 heavy (non-hydrogen) atoms. The van der Waals surface area contributed by atoms with E-state index in [-0.39, 0.29) is 5.41 Å². The molecule has 0 saturated heterocycles. The third-order valence-corrected chi connectivity index (χ3v) is 3.93. The molecule has 0 spiro atoms. The Morgan fingerprint density at radius 2 is 1.58 bits per heavy atom. The molecule has 1 unspecified atom stereocenters. The van der Waals surface area contributed by atoms with Gasteiger partial charge in [0.2, 0.25) is 0 Å². The molecule has 0 saturated carbocycles. The van der Waals surface area contributed by atoms with Crippen LogP contribution in [-0.4, -0.2) is 28.9 Å². The van der Waals surface area contributed by atoms with Gasteiger partial charge < -0.3 is 9.47 Å². The van der Waals surface area contributed by atoms with E-state index in [0.717, 1.165) is 29.9 Å². The second kappa shape index (κ2) is 5.73. The SMILES string of the molecule is CCOC([SiH3])(OCC)C(C)CC. The summed E-state index contributed by atoms with van der Waals surface area (Å²) >= 11 is 0. The molecule has 74 valence electrons. The quantitative estimate of drug-likeness (QED) is 0.462. The summed E-state index contributed by atoms with van der Waals surface area (Å²) in [5, 5.41) is 0. The van der Waals surface area contributed by atoms with Gasteiger partial charge in [-0.15, -0.1) is 0 Å². The third kappa shape index (κ3) is 3.25. The predicted molar refractivity (Wildman–Crippen MR) is 55.4 cm³/mol. The molecule has 0 bridgehead atoms. The van der Waals surface area contributed by atoms with Crippen molar-refractivity contribution in [3.8, 4) is 0 Å². The first kappa shape index (κ1) is 12.1. The monoisotopic (exact) mass is 190 g/mol. The molecule has 0 radical (unpaired) electrons. The van der Waals surface area contributed by atoms with Gasteiger partial charge in [-0.25, -0.2) is 0 Å². The van der Waals surface area contributed by atoms with Crippen molar-refractivity contribution >= 4 is 10.2 Å². The van der Waals surface area contributed by atoms with E-state index >= 15 is 0 Å². The standard InChI is InChI=1S/C9H22O2Si/c1-5-8(4)9(12,10-6-2)11-7-3/h8H,5-7H2,1-4,12H3. The highest BCUT2D eigenvalue weighted by atomic mass is 28.1. The van der Waals surface area contributed by atoms with E-state index < -0.39 is 0 Å². The van der Waals surface area contributed by atoms with Crippen molar-refractivity contribution in [1.29, 1.82) is 0 Å². The highest BCUT2D eigenvalue weighted by Gasteiger charge is 2.30. The first-order valence-electron chi connectivity index (χ1n) is 4.88. The van der Waals surface area contributed by atoms with Crippen molar-refractivity contribution in [2.45, 2.75) is 39.5 Å². The summed E-state index contributed by atoms with van der Waals surface area (Å²) in [6, 6.07) is 0. The lowest BCUT2D eigenvalue weighted by atomic mass is 10.1. The van der Waals surface area contributed by atoms with Crippen molar-refractivity contribution in [3.63, 3.8) is 0 Å². The van der Waals surface area contributed by atoms with E-state index in [1.807, 2.05) is 13.8 Å². The van der Waals surface area contributed by atoms with Crippen molar-refractivity contribution in [3.05, 3.63) is 0 Å². The average Bonchev–Trinajstić information content (AvgIpc) is 2.04. The Hall–Kier alpha value is 0.137. The number of ether oxygens (including phenoxy) is 2. The molecule has 0 aromatic heterocycles. The molecule has 0 amide bonds. The molecule has 0 fully saturated rings. The molecule has 0 aromatic carbocycles. The Morgan fingerprint density at radius 3 is 1.83 bits per heavy atom. The Morgan fingerprint density at radius 1 is 1.17 bits per heavy atom. The lowest BCUT2D eigenvalue weighted by molar-refractivity contribution is -0.201. The first-order chi connectivity index (χ1) is 5.60. The Labute approximate surface area is 79.1 Å². The summed E-state index contributed by atoms with van der Waals surface area (Å²) in [4.78, 5) is 0. The van der Waals surface area contributed by atoms with Crippen molar-refractivity contribution < 1.29 is 9.47 Å². The fourth-order valence-electron chi connectivity index (χ4n) is 1.27. The van der Waals surface area contributed by atoms with E-state index in [0.29, 0.717) is 5.92 Å². The van der Waals surface area contributed by atoms with Crippen LogP contribution in [0.1, 0.15) is 34.1 Å². The second-order valence-electron chi connectivity index (χ2n) is 3.19. The molecule has 0 rings (SSSR count). The summed E-state index contributed by atoms with van der Waals surface area (Å²) in [6.45, 7) is 9.90. The van der Waals surface area contributed by atoms with E-state index in [9.17, 15) is 0 Å². The van der Waals surface area contributed by atoms with Gasteiger partial charge in [0.25, 0.3) is 0 Å². The Kier molecular flexibility index (Phi) is 5.79. The van der Waals surface area contributed by atoms with Crippen molar-refractivity contribution in [1.82, 2.24) is 0 Å². The van der Waals surface area contributed by atoms with Crippen LogP contribution in [-0.2, 0) is 9.47 Å². The van der Waals surface area contributed by atoms with Gasteiger partial charge in [-0.05, 0) is 20.3 Å². The Bertz CT molecular complexity index is 111. The topological polar surface area (TPSA) is 18.5 Å². The van der Waals surface area contributed by atoms with Gasteiger partial charge in [-0.3, -0.25) is 0 Å². The minimum Gasteiger partial charge on any atom is -0.355 e. The smallest absolute Gasteiger partial charge is 0.143 e. The maximum atomic E-state index is 5.66. The maximum absolute atomic E-state index is 5.66. The predicted octanol–water partition coefficient (Wildman–Crippen LogP) is 1.12. The van der Waals surface area contributed by atoms with Crippen LogP contribution in [0.25, 0.3) is 0 Å². The van der Waals surface area contributed by atoms with Crippen LogP contribution in [0.4, 0.5) is 0 Å². The Balaban J connectivity index is 4.15. The van der Waals surface area contributed by atoms with Gasteiger partial charge in [0.15, 0.2) is 0 Å². The summed E-state index contributed by atoms with van der Waals surface area (Å²) in [5.41, 5.74) is -0.252. The third-order valence-electron chi connectivity index (χ3n) is 2.37. The molecule has 0 aliphatic rings. The van der Waals surface area contributed by atoms with Crippen LogP contribution in [0.2, 0.25) is 0 Å². The van der Waals surface area contributed by atoms with Gasteiger partial charge in [0, 0.05) is 19.1 Å². The van der Waals surface area contributed by atoms with E-state index in [2.05, 4.69) is 13.8 Å². The summed E-state index contributed by atoms with van der Waals surface area (Å²) < 4.78 is 11.3. The van der Waals surface area contributed by atoms with Crippen LogP contribution in [0.5, 0.6) is 0 Å². The molecular formula is C9H22O2Si. The molecule has 0 aliphatic carbocycles. The fourth-order valence-corrected chi connectivity index (χ4v) is 2.26. The summed E-state index contributed by atoms with van der Waals surface area (Å²) in [5.74, 6) is 0.504. The zero-order valence-corrected chi connectivity index (χ0v) is 11.0. The van der Waals surface area contributed by atoms with Crippen LogP contribution in [0.15, 0.2) is 0 Å². The van der Waals surface area contributed by atoms with Gasteiger partial charge in [0.1, 0.15) is 5.41 Å². The van der Waals surface area contributed by atoms with Crippen molar-refractivity contribution in [2.75, 3.05) is 13.2 Å². The zero-order chi connectivity index (χ0) is 9.61. The fraction of sp³-hybridized carbons (Fsp3) is 1.00. The number of rotatable bonds is 6. The van der Waals surface area contributed by atoms with Crippen LogP contribution in [0.3, 0.4) is 0 Å².